The zero-order chi connectivity index (χ0) is 17.5. The molecule has 0 saturated heterocycles. The highest BCUT2D eigenvalue weighted by molar-refractivity contribution is 9.10. The normalized spacial score (nSPS) is 10.3. The summed E-state index contributed by atoms with van der Waals surface area (Å²) in [4.78, 5) is 24.4. The largest absolute Gasteiger partial charge is 0.455 e. The summed E-state index contributed by atoms with van der Waals surface area (Å²) in [7, 11) is 0. The van der Waals surface area contributed by atoms with Crippen LogP contribution in [-0.4, -0.2) is 24.2 Å². The van der Waals surface area contributed by atoms with Gasteiger partial charge in [0.05, 0.1) is 5.75 Å². The molecule has 126 valence electrons. The van der Waals surface area contributed by atoms with Gasteiger partial charge in [0, 0.05) is 20.1 Å². The van der Waals surface area contributed by atoms with Crippen molar-refractivity contribution in [1.82, 2.24) is 0 Å². The Kier molecular flexibility index (Phi) is 7.15. The number of esters is 1. The minimum Gasteiger partial charge on any atom is -0.455 e. The molecule has 2 aromatic rings. The van der Waals surface area contributed by atoms with Crippen LogP contribution in [0.2, 0.25) is 5.02 Å². The molecule has 0 spiro atoms. The monoisotopic (exact) mass is 427 g/mol. The van der Waals surface area contributed by atoms with Crippen LogP contribution in [0.15, 0.2) is 51.8 Å². The van der Waals surface area contributed by atoms with E-state index in [0.717, 1.165) is 14.9 Å². The zero-order valence-corrected chi connectivity index (χ0v) is 16.0. The topological polar surface area (TPSA) is 55.4 Å². The molecule has 0 atom stereocenters. The Morgan fingerprint density at radius 2 is 1.92 bits per heavy atom. The van der Waals surface area contributed by atoms with Crippen molar-refractivity contribution in [3.8, 4) is 0 Å². The Labute approximate surface area is 158 Å². The number of amides is 1. The molecule has 0 aliphatic heterocycles. The number of thioether (sulfide) groups is 1. The number of carbonyl (C=O) groups excluding carboxylic acids is 2. The number of hydrogen-bond acceptors (Lipinski definition) is 4. The summed E-state index contributed by atoms with van der Waals surface area (Å²) in [6.45, 7) is 1.57. The summed E-state index contributed by atoms with van der Waals surface area (Å²) in [5.74, 6) is -0.686. The predicted octanol–water partition coefficient (Wildman–Crippen LogP) is 4.68. The SMILES string of the molecule is Cc1cc(Br)ccc1NC(=O)COC(=O)CSc1ccc(Cl)cc1. The Balaban J connectivity index is 1.74. The van der Waals surface area contributed by atoms with Gasteiger partial charge in [-0.25, -0.2) is 0 Å². The summed E-state index contributed by atoms with van der Waals surface area (Å²) < 4.78 is 5.91. The number of carbonyl (C=O) groups is 2. The molecule has 0 heterocycles. The summed E-state index contributed by atoms with van der Waals surface area (Å²) in [5, 5.41) is 3.35. The van der Waals surface area contributed by atoms with Crippen LogP contribution in [0.4, 0.5) is 5.69 Å². The highest BCUT2D eigenvalue weighted by Gasteiger charge is 2.10. The molecular formula is C17H15BrClNO3S. The highest BCUT2D eigenvalue weighted by Crippen LogP contribution is 2.21. The number of rotatable bonds is 6. The lowest BCUT2D eigenvalue weighted by Gasteiger charge is -2.09. The van der Waals surface area contributed by atoms with Gasteiger partial charge in [0.2, 0.25) is 0 Å². The van der Waals surface area contributed by atoms with Crippen LogP contribution >= 0.6 is 39.3 Å². The van der Waals surface area contributed by atoms with E-state index < -0.39 is 5.97 Å². The van der Waals surface area contributed by atoms with Crippen LogP contribution in [0.25, 0.3) is 0 Å². The lowest BCUT2D eigenvalue weighted by atomic mass is 10.2. The van der Waals surface area contributed by atoms with Crippen LogP contribution in [0.5, 0.6) is 0 Å². The smallest absolute Gasteiger partial charge is 0.316 e. The van der Waals surface area contributed by atoms with E-state index >= 15 is 0 Å². The maximum Gasteiger partial charge on any atom is 0.316 e. The van der Waals surface area contributed by atoms with Gasteiger partial charge in [-0.15, -0.1) is 11.8 Å². The molecule has 0 aromatic heterocycles. The van der Waals surface area contributed by atoms with Gasteiger partial charge in [-0.1, -0.05) is 27.5 Å². The molecule has 4 nitrogen and oxygen atoms in total. The van der Waals surface area contributed by atoms with Crippen molar-refractivity contribution < 1.29 is 14.3 Å². The number of ether oxygens (including phenoxy) is 1. The first kappa shape index (κ1) is 18.8. The molecule has 0 saturated carbocycles. The van der Waals surface area contributed by atoms with Gasteiger partial charge in [-0.05, 0) is 55.0 Å². The summed E-state index contributed by atoms with van der Waals surface area (Å²) >= 11 is 10.5. The molecule has 7 heteroatoms. The first-order chi connectivity index (χ1) is 11.4. The molecule has 0 bridgehead atoms. The minimum atomic E-state index is -0.447. The highest BCUT2D eigenvalue weighted by atomic mass is 79.9. The van der Waals surface area contributed by atoms with Crippen molar-refractivity contribution in [3.05, 3.63) is 57.5 Å². The van der Waals surface area contributed by atoms with Crippen molar-refractivity contribution in [3.63, 3.8) is 0 Å². The molecule has 0 aliphatic rings. The number of nitrogens with one attached hydrogen (secondary N) is 1. The summed E-state index contributed by atoms with van der Waals surface area (Å²) in [6, 6.07) is 12.7. The van der Waals surface area contributed by atoms with Gasteiger partial charge in [-0.2, -0.15) is 0 Å². The third-order valence-corrected chi connectivity index (χ3v) is 4.73. The van der Waals surface area contributed by atoms with Gasteiger partial charge in [-0.3, -0.25) is 9.59 Å². The molecule has 2 aromatic carbocycles. The van der Waals surface area contributed by atoms with E-state index in [1.54, 1.807) is 18.2 Å². The zero-order valence-electron chi connectivity index (χ0n) is 12.8. The Morgan fingerprint density at radius 1 is 1.21 bits per heavy atom. The number of aryl methyl sites for hydroxylation is 1. The van der Waals surface area contributed by atoms with E-state index in [9.17, 15) is 9.59 Å². The maximum atomic E-state index is 11.8. The van der Waals surface area contributed by atoms with Crippen LogP contribution in [0.3, 0.4) is 0 Å². The van der Waals surface area contributed by atoms with E-state index in [2.05, 4.69) is 21.2 Å². The number of hydrogen-bond donors (Lipinski definition) is 1. The van der Waals surface area contributed by atoms with Crippen molar-refractivity contribution in [2.24, 2.45) is 0 Å². The molecule has 0 aliphatic carbocycles. The average molecular weight is 429 g/mol. The lowest BCUT2D eigenvalue weighted by Crippen LogP contribution is -2.22. The van der Waals surface area contributed by atoms with E-state index in [1.807, 2.05) is 31.2 Å². The van der Waals surface area contributed by atoms with Gasteiger partial charge in [0.15, 0.2) is 6.61 Å². The fourth-order valence-corrected chi connectivity index (χ4v) is 3.11. The lowest BCUT2D eigenvalue weighted by molar-refractivity contribution is -0.144. The molecular weight excluding hydrogens is 414 g/mol. The van der Waals surface area contributed by atoms with Gasteiger partial charge >= 0.3 is 5.97 Å². The van der Waals surface area contributed by atoms with Gasteiger partial charge < -0.3 is 10.1 Å². The average Bonchev–Trinajstić information content (AvgIpc) is 2.55. The second kappa shape index (κ2) is 9.11. The molecule has 24 heavy (non-hydrogen) atoms. The number of benzene rings is 2. The molecule has 2 rings (SSSR count). The minimum absolute atomic E-state index is 0.131. The Morgan fingerprint density at radius 3 is 2.58 bits per heavy atom. The Bertz CT molecular complexity index is 737. The third-order valence-electron chi connectivity index (χ3n) is 3.00. The number of anilines is 1. The standard InChI is InChI=1S/C17H15BrClNO3S/c1-11-8-12(18)2-7-15(11)20-16(21)9-23-17(22)10-24-14-5-3-13(19)4-6-14/h2-8H,9-10H2,1H3,(H,20,21). The van der Waals surface area contributed by atoms with E-state index in [0.29, 0.717) is 10.7 Å². The van der Waals surface area contributed by atoms with E-state index in [4.69, 9.17) is 16.3 Å². The Hall–Kier alpha value is -1.50. The first-order valence-electron chi connectivity index (χ1n) is 7.04. The van der Waals surface area contributed by atoms with Crippen LogP contribution in [0.1, 0.15) is 5.56 Å². The molecule has 0 unspecified atom stereocenters. The predicted molar refractivity (Wildman–Crippen MR) is 101 cm³/mol. The summed E-state index contributed by atoms with van der Waals surface area (Å²) in [5.41, 5.74) is 1.61. The molecule has 1 amide bonds. The van der Waals surface area contributed by atoms with Gasteiger partial charge in [0.25, 0.3) is 5.91 Å². The van der Waals surface area contributed by atoms with Crippen LogP contribution in [0, 0.1) is 6.92 Å². The molecule has 0 fully saturated rings. The van der Waals surface area contributed by atoms with E-state index in [-0.39, 0.29) is 18.3 Å². The fourth-order valence-electron chi connectivity index (χ4n) is 1.81. The van der Waals surface area contributed by atoms with Crippen molar-refractivity contribution in [2.45, 2.75) is 11.8 Å². The fraction of sp³-hybridized carbons (Fsp3) is 0.176. The molecule has 1 N–H and O–H groups in total. The quantitative estimate of drug-likeness (QED) is 0.536. The van der Waals surface area contributed by atoms with Crippen molar-refractivity contribution in [1.29, 1.82) is 0 Å². The number of halogens is 2. The van der Waals surface area contributed by atoms with Crippen molar-refractivity contribution in [2.75, 3.05) is 17.7 Å². The van der Waals surface area contributed by atoms with Gasteiger partial charge in [0.1, 0.15) is 0 Å². The molecule has 0 radical (unpaired) electrons. The van der Waals surface area contributed by atoms with E-state index in [1.165, 1.54) is 11.8 Å². The van der Waals surface area contributed by atoms with Crippen LogP contribution < -0.4 is 5.32 Å². The summed E-state index contributed by atoms with van der Waals surface area (Å²) in [6.07, 6.45) is 0. The first-order valence-corrected chi connectivity index (χ1v) is 9.19. The second-order valence-electron chi connectivity index (χ2n) is 4.91. The maximum absolute atomic E-state index is 11.8. The van der Waals surface area contributed by atoms with Crippen LogP contribution in [-0.2, 0) is 14.3 Å². The second-order valence-corrected chi connectivity index (χ2v) is 7.31. The third kappa shape index (κ3) is 6.19. The van der Waals surface area contributed by atoms with Crippen molar-refractivity contribution >= 4 is 56.9 Å².